The van der Waals surface area contributed by atoms with Gasteiger partial charge in [-0.3, -0.25) is 13.9 Å². The second-order valence-corrected chi connectivity index (χ2v) is 11.0. The quantitative estimate of drug-likeness (QED) is 0.520. The molecule has 2 rings (SSSR count). The lowest BCUT2D eigenvalue weighted by molar-refractivity contribution is -0.139. The molecule has 0 saturated heterocycles. The Kier molecular flexibility index (Phi) is 9.57. The van der Waals surface area contributed by atoms with Gasteiger partial charge < -0.3 is 10.2 Å². The van der Waals surface area contributed by atoms with Crippen LogP contribution in [-0.2, 0) is 26.2 Å². The zero-order valence-electron chi connectivity index (χ0n) is 19.1. The van der Waals surface area contributed by atoms with Crippen LogP contribution in [0.25, 0.3) is 0 Å². The van der Waals surface area contributed by atoms with Gasteiger partial charge in [-0.1, -0.05) is 49.2 Å². The highest BCUT2D eigenvalue weighted by Gasteiger charge is 2.30. The van der Waals surface area contributed by atoms with Crippen LogP contribution in [0.1, 0.15) is 26.3 Å². The summed E-state index contributed by atoms with van der Waals surface area (Å²) in [6, 6.07) is 12.3. The molecule has 0 saturated carbocycles. The first kappa shape index (κ1) is 27.0. The standard InChI is InChI=1S/C23H29Cl2N3O4S/c1-16(2)13-26-23(30)17(3)27(14-18-6-5-7-20(25)12-18)22(29)15-28(33(4,31)32)21-10-8-19(24)9-11-21/h5-12,16-17H,13-15H2,1-4H3,(H,26,30)/t17-/m0/s1. The van der Waals surface area contributed by atoms with E-state index >= 15 is 0 Å². The van der Waals surface area contributed by atoms with Gasteiger partial charge in [0.05, 0.1) is 11.9 Å². The summed E-state index contributed by atoms with van der Waals surface area (Å²) in [5.74, 6) is -0.608. The third-order valence-electron chi connectivity index (χ3n) is 4.89. The molecule has 0 fully saturated rings. The minimum atomic E-state index is -3.79. The molecule has 0 spiro atoms. The van der Waals surface area contributed by atoms with Crippen LogP contribution in [0.5, 0.6) is 0 Å². The molecule has 7 nitrogen and oxygen atoms in total. The maximum Gasteiger partial charge on any atom is 0.244 e. The van der Waals surface area contributed by atoms with E-state index in [2.05, 4.69) is 5.32 Å². The maximum atomic E-state index is 13.4. The largest absolute Gasteiger partial charge is 0.354 e. The number of hydrogen-bond donors (Lipinski definition) is 1. The van der Waals surface area contributed by atoms with Gasteiger partial charge in [-0.2, -0.15) is 0 Å². The number of anilines is 1. The zero-order valence-corrected chi connectivity index (χ0v) is 21.4. The topological polar surface area (TPSA) is 86.8 Å². The van der Waals surface area contributed by atoms with E-state index in [1.165, 1.54) is 17.0 Å². The molecule has 0 aliphatic rings. The number of nitrogens with one attached hydrogen (secondary N) is 1. The van der Waals surface area contributed by atoms with Crippen LogP contribution in [-0.4, -0.2) is 50.5 Å². The van der Waals surface area contributed by atoms with Gasteiger partial charge in [-0.15, -0.1) is 0 Å². The first-order chi connectivity index (χ1) is 15.4. The average molecular weight is 514 g/mol. The molecule has 180 valence electrons. The highest BCUT2D eigenvalue weighted by atomic mass is 35.5. The van der Waals surface area contributed by atoms with Crippen LogP contribution in [0, 0.1) is 5.92 Å². The molecule has 0 radical (unpaired) electrons. The van der Waals surface area contributed by atoms with Gasteiger partial charge >= 0.3 is 0 Å². The third-order valence-corrected chi connectivity index (χ3v) is 6.52. The van der Waals surface area contributed by atoms with Crippen LogP contribution in [0.2, 0.25) is 10.0 Å². The van der Waals surface area contributed by atoms with Gasteiger partial charge in [0.25, 0.3) is 0 Å². The van der Waals surface area contributed by atoms with Crippen LogP contribution >= 0.6 is 23.2 Å². The lowest BCUT2D eigenvalue weighted by Crippen LogP contribution is -2.51. The predicted molar refractivity (Wildman–Crippen MR) is 133 cm³/mol. The summed E-state index contributed by atoms with van der Waals surface area (Å²) in [7, 11) is -3.79. The van der Waals surface area contributed by atoms with Crippen LogP contribution in [0.3, 0.4) is 0 Å². The van der Waals surface area contributed by atoms with Crippen LogP contribution < -0.4 is 9.62 Å². The summed E-state index contributed by atoms with van der Waals surface area (Å²) in [6.45, 7) is 5.64. The van der Waals surface area contributed by atoms with Crippen molar-refractivity contribution >= 4 is 50.7 Å². The molecule has 10 heteroatoms. The number of carbonyl (C=O) groups is 2. The summed E-state index contributed by atoms with van der Waals surface area (Å²) in [5, 5.41) is 3.77. The number of sulfonamides is 1. The highest BCUT2D eigenvalue weighted by molar-refractivity contribution is 7.92. The molecular formula is C23H29Cl2N3O4S. The second-order valence-electron chi connectivity index (χ2n) is 8.21. The van der Waals surface area contributed by atoms with Gasteiger partial charge in [0.1, 0.15) is 12.6 Å². The smallest absolute Gasteiger partial charge is 0.244 e. The Balaban J connectivity index is 2.35. The van der Waals surface area contributed by atoms with Gasteiger partial charge in [-0.05, 0) is 54.8 Å². The van der Waals surface area contributed by atoms with Crippen LogP contribution in [0.15, 0.2) is 48.5 Å². The van der Waals surface area contributed by atoms with Crippen molar-refractivity contribution in [2.45, 2.75) is 33.4 Å². The normalized spacial score (nSPS) is 12.3. The van der Waals surface area contributed by atoms with Crippen LogP contribution in [0.4, 0.5) is 5.69 Å². The molecule has 0 aliphatic heterocycles. The SMILES string of the molecule is CC(C)CNC(=O)[C@H](C)N(Cc1cccc(Cl)c1)C(=O)CN(c1ccc(Cl)cc1)S(C)(=O)=O. The lowest BCUT2D eigenvalue weighted by atomic mass is 10.1. The Morgan fingerprint density at radius 2 is 1.64 bits per heavy atom. The van der Waals surface area contributed by atoms with Crippen molar-refractivity contribution in [3.63, 3.8) is 0 Å². The van der Waals surface area contributed by atoms with E-state index in [4.69, 9.17) is 23.2 Å². The molecule has 0 aromatic heterocycles. The number of amides is 2. The van der Waals surface area contributed by atoms with Crippen molar-refractivity contribution in [2.75, 3.05) is 23.7 Å². The van der Waals surface area contributed by atoms with Gasteiger partial charge in [0.2, 0.25) is 21.8 Å². The van der Waals surface area contributed by atoms with Crippen molar-refractivity contribution < 1.29 is 18.0 Å². The summed E-state index contributed by atoms with van der Waals surface area (Å²) in [6.07, 6.45) is 1.02. The number of halogens is 2. The molecule has 0 heterocycles. The molecule has 33 heavy (non-hydrogen) atoms. The Bertz CT molecular complexity index is 1080. The molecule has 0 bridgehead atoms. The average Bonchev–Trinajstić information content (AvgIpc) is 2.73. The highest BCUT2D eigenvalue weighted by Crippen LogP contribution is 2.22. The summed E-state index contributed by atoms with van der Waals surface area (Å²) in [4.78, 5) is 27.5. The number of nitrogens with zero attached hydrogens (tertiary/aromatic N) is 2. The predicted octanol–water partition coefficient (Wildman–Crippen LogP) is 3.95. The van der Waals surface area contributed by atoms with E-state index in [1.54, 1.807) is 43.3 Å². The van der Waals surface area contributed by atoms with E-state index in [0.29, 0.717) is 22.3 Å². The fourth-order valence-corrected chi connectivity index (χ4v) is 4.28. The van der Waals surface area contributed by atoms with Crippen molar-refractivity contribution in [1.82, 2.24) is 10.2 Å². The number of benzene rings is 2. The molecule has 2 aromatic carbocycles. The Hall–Kier alpha value is -2.29. The number of rotatable bonds is 10. The summed E-state index contributed by atoms with van der Waals surface area (Å²) >= 11 is 12.0. The molecule has 2 aromatic rings. The number of carbonyl (C=O) groups excluding carboxylic acids is 2. The van der Waals surface area contributed by atoms with E-state index < -0.39 is 28.5 Å². The fourth-order valence-electron chi connectivity index (χ4n) is 3.09. The Morgan fingerprint density at radius 1 is 1.00 bits per heavy atom. The summed E-state index contributed by atoms with van der Waals surface area (Å²) < 4.78 is 26.0. The van der Waals surface area contributed by atoms with Crippen molar-refractivity contribution in [2.24, 2.45) is 5.92 Å². The molecule has 0 aliphatic carbocycles. The number of hydrogen-bond acceptors (Lipinski definition) is 4. The first-order valence-corrected chi connectivity index (χ1v) is 13.0. The van der Waals surface area contributed by atoms with Gasteiger partial charge in [0, 0.05) is 23.1 Å². The second kappa shape index (κ2) is 11.7. The van der Waals surface area contributed by atoms with Crippen molar-refractivity contribution in [3.8, 4) is 0 Å². The fraction of sp³-hybridized carbons (Fsp3) is 0.391. The lowest BCUT2D eigenvalue weighted by Gasteiger charge is -2.31. The van der Waals surface area contributed by atoms with Crippen molar-refractivity contribution in [1.29, 1.82) is 0 Å². The minimum Gasteiger partial charge on any atom is -0.354 e. The molecule has 0 unspecified atom stereocenters. The van der Waals surface area contributed by atoms with E-state index in [9.17, 15) is 18.0 Å². The van der Waals surface area contributed by atoms with Gasteiger partial charge in [-0.25, -0.2) is 8.42 Å². The Morgan fingerprint density at radius 3 is 2.18 bits per heavy atom. The maximum absolute atomic E-state index is 13.4. The van der Waals surface area contributed by atoms with E-state index in [1.807, 2.05) is 13.8 Å². The van der Waals surface area contributed by atoms with E-state index in [-0.39, 0.29) is 18.4 Å². The monoisotopic (exact) mass is 513 g/mol. The Labute approximate surface area is 205 Å². The minimum absolute atomic E-state index is 0.0911. The first-order valence-electron chi connectivity index (χ1n) is 10.4. The molecule has 1 atom stereocenters. The van der Waals surface area contributed by atoms with E-state index in [0.717, 1.165) is 16.1 Å². The van der Waals surface area contributed by atoms with Crippen molar-refractivity contribution in [3.05, 3.63) is 64.1 Å². The molecule has 2 amide bonds. The molecular weight excluding hydrogens is 485 g/mol. The van der Waals surface area contributed by atoms with Gasteiger partial charge in [0.15, 0.2) is 0 Å². The molecule has 1 N–H and O–H groups in total. The zero-order chi connectivity index (χ0) is 24.8. The summed E-state index contributed by atoms with van der Waals surface area (Å²) in [5.41, 5.74) is 1.02. The third kappa shape index (κ3) is 8.21.